The predicted octanol–water partition coefficient (Wildman–Crippen LogP) is -0.0947. The number of ether oxygens (including phenoxy) is 1. The van der Waals surface area contributed by atoms with Gasteiger partial charge < -0.3 is 4.74 Å². The van der Waals surface area contributed by atoms with Gasteiger partial charge in [-0.2, -0.15) is 0 Å². The van der Waals surface area contributed by atoms with E-state index in [9.17, 15) is 14.4 Å². The Balaban J connectivity index is 2.54. The number of aromatic amines is 1. The maximum Gasteiger partial charge on any atom is 0.273 e. The van der Waals surface area contributed by atoms with Crippen molar-refractivity contribution < 1.29 is 9.53 Å². The van der Waals surface area contributed by atoms with Gasteiger partial charge in [-0.1, -0.05) is 12.1 Å². The normalized spacial score (nSPS) is 10.7. The van der Waals surface area contributed by atoms with Crippen molar-refractivity contribution in [1.29, 1.82) is 0 Å². The highest BCUT2D eigenvalue weighted by Crippen LogP contribution is 2.02. The molecule has 0 radical (unpaired) electrons. The Labute approximate surface area is 102 Å². The quantitative estimate of drug-likeness (QED) is 0.819. The Morgan fingerprint density at radius 3 is 2.61 bits per heavy atom. The first-order valence-corrected chi connectivity index (χ1v) is 5.36. The molecule has 0 amide bonds. The summed E-state index contributed by atoms with van der Waals surface area (Å²) in [4.78, 5) is 35.2. The summed E-state index contributed by atoms with van der Waals surface area (Å²) in [6.07, 6.45) is 0. The van der Waals surface area contributed by atoms with E-state index >= 15 is 0 Å². The van der Waals surface area contributed by atoms with Crippen molar-refractivity contribution in [2.24, 2.45) is 0 Å². The van der Waals surface area contributed by atoms with Crippen molar-refractivity contribution in [3.8, 4) is 0 Å². The number of hydrogen-bond donors (Lipinski definition) is 1. The van der Waals surface area contributed by atoms with Gasteiger partial charge in [-0.3, -0.25) is 19.5 Å². The smallest absolute Gasteiger partial charge is 0.273 e. The van der Waals surface area contributed by atoms with Gasteiger partial charge in [0.1, 0.15) is 13.2 Å². The van der Waals surface area contributed by atoms with Crippen LogP contribution in [0.4, 0.5) is 0 Å². The number of ketones is 1. The highest BCUT2D eigenvalue weighted by atomic mass is 16.5. The van der Waals surface area contributed by atoms with Gasteiger partial charge >= 0.3 is 0 Å². The molecular weight excluding hydrogens is 236 g/mol. The van der Waals surface area contributed by atoms with E-state index in [1.165, 1.54) is 7.11 Å². The Bertz CT molecular complexity index is 699. The molecule has 6 heteroatoms. The van der Waals surface area contributed by atoms with Crippen LogP contribution >= 0.6 is 0 Å². The van der Waals surface area contributed by atoms with Crippen LogP contribution in [0.3, 0.4) is 0 Å². The third-order valence-electron chi connectivity index (χ3n) is 2.52. The average molecular weight is 248 g/mol. The van der Waals surface area contributed by atoms with Crippen LogP contribution in [-0.2, 0) is 16.1 Å². The zero-order chi connectivity index (χ0) is 13.1. The molecule has 0 saturated carbocycles. The summed E-state index contributed by atoms with van der Waals surface area (Å²) in [7, 11) is 1.39. The molecule has 1 aromatic heterocycles. The fourth-order valence-corrected chi connectivity index (χ4v) is 1.74. The Morgan fingerprint density at radius 1 is 1.28 bits per heavy atom. The van der Waals surface area contributed by atoms with E-state index in [-0.39, 0.29) is 18.9 Å². The van der Waals surface area contributed by atoms with E-state index in [0.29, 0.717) is 10.8 Å². The molecule has 0 fully saturated rings. The lowest BCUT2D eigenvalue weighted by Gasteiger charge is -2.05. The van der Waals surface area contributed by atoms with Crippen LogP contribution in [0, 0.1) is 0 Å². The minimum Gasteiger partial charge on any atom is -0.377 e. The third kappa shape index (κ3) is 2.23. The van der Waals surface area contributed by atoms with Crippen molar-refractivity contribution >= 4 is 16.6 Å². The van der Waals surface area contributed by atoms with Crippen LogP contribution in [0.25, 0.3) is 10.8 Å². The summed E-state index contributed by atoms with van der Waals surface area (Å²) in [5.41, 5.74) is -0.787. The van der Waals surface area contributed by atoms with Crippen molar-refractivity contribution in [3.63, 3.8) is 0 Å². The minimum absolute atomic E-state index is 0.0959. The van der Waals surface area contributed by atoms with Crippen LogP contribution in [0.5, 0.6) is 0 Å². The summed E-state index contributed by atoms with van der Waals surface area (Å²) in [5, 5.41) is 3.00. The number of carbonyl (C=O) groups is 1. The van der Waals surface area contributed by atoms with E-state index in [2.05, 4.69) is 9.84 Å². The van der Waals surface area contributed by atoms with Gasteiger partial charge in [-0.15, -0.1) is 0 Å². The topological polar surface area (TPSA) is 81.2 Å². The summed E-state index contributed by atoms with van der Waals surface area (Å²) >= 11 is 0. The zero-order valence-electron chi connectivity index (χ0n) is 9.80. The fraction of sp³-hybridized carbons (Fsp3) is 0.250. The van der Waals surface area contributed by atoms with Gasteiger partial charge in [0.05, 0.1) is 10.8 Å². The first-order chi connectivity index (χ1) is 8.63. The predicted molar refractivity (Wildman–Crippen MR) is 65.7 cm³/mol. The van der Waals surface area contributed by atoms with Crippen LogP contribution < -0.4 is 11.1 Å². The van der Waals surface area contributed by atoms with Gasteiger partial charge in [0.15, 0.2) is 5.78 Å². The molecule has 0 spiro atoms. The van der Waals surface area contributed by atoms with Crippen LogP contribution in [0.2, 0.25) is 0 Å². The number of hydrogen-bond acceptors (Lipinski definition) is 4. The van der Waals surface area contributed by atoms with Gasteiger partial charge in [-0.25, -0.2) is 4.68 Å². The monoisotopic (exact) mass is 248 g/mol. The average Bonchev–Trinajstić information content (AvgIpc) is 2.36. The minimum atomic E-state index is -0.394. The highest BCUT2D eigenvalue weighted by Gasteiger charge is 2.09. The summed E-state index contributed by atoms with van der Waals surface area (Å²) in [6.45, 7) is -0.298. The van der Waals surface area contributed by atoms with Gasteiger partial charge in [0, 0.05) is 7.11 Å². The highest BCUT2D eigenvalue weighted by molar-refractivity contribution is 5.82. The van der Waals surface area contributed by atoms with Crippen molar-refractivity contribution in [2.75, 3.05) is 13.7 Å². The molecule has 0 aliphatic rings. The standard InChI is InChI=1S/C12H12N2O4/c1-18-7-8(15)6-14-12(17)10-5-3-2-4-9(10)11(16)13-14/h2-5H,6-7H2,1H3,(H,13,16). The number of fused-ring (bicyclic) bond motifs is 1. The van der Waals surface area contributed by atoms with E-state index in [4.69, 9.17) is 0 Å². The van der Waals surface area contributed by atoms with Gasteiger partial charge in [-0.05, 0) is 12.1 Å². The fourth-order valence-electron chi connectivity index (χ4n) is 1.74. The molecule has 0 unspecified atom stereocenters. The summed E-state index contributed by atoms with van der Waals surface area (Å²) in [6, 6.07) is 6.48. The van der Waals surface area contributed by atoms with E-state index < -0.39 is 11.1 Å². The molecule has 18 heavy (non-hydrogen) atoms. The second-order valence-corrected chi connectivity index (χ2v) is 3.85. The van der Waals surface area contributed by atoms with Crippen LogP contribution in [0.15, 0.2) is 33.9 Å². The molecule has 0 bridgehead atoms. The van der Waals surface area contributed by atoms with Gasteiger partial charge in [0.2, 0.25) is 0 Å². The number of Topliss-reactive ketones (excluding diaryl/α,β-unsaturated/α-hetero) is 1. The molecule has 0 atom stereocenters. The number of aromatic nitrogens is 2. The summed E-state index contributed by atoms with van der Waals surface area (Å²) < 4.78 is 5.68. The lowest BCUT2D eigenvalue weighted by atomic mass is 10.2. The largest absolute Gasteiger partial charge is 0.377 e. The summed E-state index contributed by atoms with van der Waals surface area (Å²) in [5.74, 6) is -0.287. The van der Waals surface area contributed by atoms with Crippen molar-refractivity contribution in [3.05, 3.63) is 45.0 Å². The maximum absolute atomic E-state index is 12.0. The zero-order valence-corrected chi connectivity index (χ0v) is 9.80. The number of nitrogens with one attached hydrogen (secondary N) is 1. The van der Waals surface area contributed by atoms with E-state index in [0.717, 1.165) is 4.68 Å². The SMILES string of the molecule is COCC(=O)Cn1[nH]c(=O)c2ccccc2c1=O. The van der Waals surface area contributed by atoms with Gasteiger partial charge in [0.25, 0.3) is 11.1 Å². The first kappa shape index (κ1) is 12.3. The Morgan fingerprint density at radius 2 is 1.94 bits per heavy atom. The molecule has 0 aliphatic heterocycles. The van der Waals surface area contributed by atoms with Crippen LogP contribution in [0.1, 0.15) is 0 Å². The number of benzene rings is 1. The molecule has 1 N–H and O–H groups in total. The second-order valence-electron chi connectivity index (χ2n) is 3.85. The lowest BCUT2D eigenvalue weighted by Crippen LogP contribution is -2.33. The first-order valence-electron chi connectivity index (χ1n) is 5.36. The number of rotatable bonds is 4. The number of methoxy groups -OCH3 is 1. The van der Waals surface area contributed by atoms with Crippen molar-refractivity contribution in [1.82, 2.24) is 9.78 Å². The molecule has 2 aromatic rings. The molecule has 0 aliphatic carbocycles. The Kier molecular flexibility index (Phi) is 3.38. The van der Waals surface area contributed by atoms with Crippen molar-refractivity contribution in [2.45, 2.75) is 6.54 Å². The second kappa shape index (κ2) is 4.97. The molecule has 2 rings (SSSR count). The Hall–Kier alpha value is -2.21. The van der Waals surface area contributed by atoms with E-state index in [1.807, 2.05) is 0 Å². The molecule has 6 nitrogen and oxygen atoms in total. The molecule has 1 aromatic carbocycles. The maximum atomic E-state index is 12.0. The van der Waals surface area contributed by atoms with E-state index in [1.54, 1.807) is 24.3 Å². The number of H-pyrrole nitrogens is 1. The number of carbonyl (C=O) groups excluding carboxylic acids is 1. The molecule has 94 valence electrons. The third-order valence-corrected chi connectivity index (χ3v) is 2.52. The molecular formula is C12H12N2O4. The molecule has 1 heterocycles. The molecule has 0 saturated heterocycles. The number of nitrogens with zero attached hydrogens (tertiary/aromatic N) is 1. The lowest BCUT2D eigenvalue weighted by molar-refractivity contribution is -0.123. The van der Waals surface area contributed by atoms with Crippen LogP contribution in [-0.4, -0.2) is 29.3 Å².